The highest BCUT2D eigenvalue weighted by atomic mass is 32.2. The third kappa shape index (κ3) is 3.21. The molecule has 2 aromatic rings. The molecule has 8 heteroatoms. The van der Waals surface area contributed by atoms with Crippen LogP contribution in [0.25, 0.3) is 0 Å². The molecule has 2 aliphatic heterocycles. The zero-order chi connectivity index (χ0) is 17.4. The summed E-state index contributed by atoms with van der Waals surface area (Å²) >= 11 is 1.51. The number of nitrogens with one attached hydrogen (secondary N) is 1. The van der Waals surface area contributed by atoms with Gasteiger partial charge in [0, 0.05) is 35.7 Å². The van der Waals surface area contributed by atoms with Crippen molar-refractivity contribution in [3.8, 4) is 11.5 Å². The Hall–Kier alpha value is -2.48. The Labute approximate surface area is 148 Å². The van der Waals surface area contributed by atoms with Crippen LogP contribution in [0.5, 0.6) is 11.5 Å². The van der Waals surface area contributed by atoms with E-state index in [4.69, 9.17) is 9.47 Å². The van der Waals surface area contributed by atoms with Crippen molar-refractivity contribution in [2.24, 2.45) is 0 Å². The molecule has 25 heavy (non-hydrogen) atoms. The Kier molecular flexibility index (Phi) is 4.12. The maximum atomic E-state index is 12.4. The molecule has 0 radical (unpaired) electrons. The Morgan fingerprint density at radius 3 is 2.96 bits per heavy atom. The Balaban J connectivity index is 1.47. The third-order valence-electron chi connectivity index (χ3n) is 4.06. The first-order valence-corrected chi connectivity index (χ1v) is 9.01. The predicted octanol–water partition coefficient (Wildman–Crippen LogP) is 2.00. The fourth-order valence-corrected chi connectivity index (χ4v) is 4.16. The minimum atomic E-state index is -0.183. The molecular weight excluding hydrogens is 342 g/mol. The standard InChI is InChI=1S/C17H17N3O4S/c1-10-6-16(22)20-12(9-25-17(20)18-10)8-15(21)19-11-2-3-13-14(7-11)24-5-4-23-13/h2-3,6-7,12H,4-5,8-9H2,1H3,(H,19,21)/t12-/m0/s1. The van der Waals surface area contributed by atoms with Crippen molar-refractivity contribution in [2.75, 3.05) is 24.3 Å². The van der Waals surface area contributed by atoms with E-state index in [0.29, 0.717) is 47.0 Å². The minimum Gasteiger partial charge on any atom is -0.486 e. The summed E-state index contributed by atoms with van der Waals surface area (Å²) in [6, 6.07) is 6.63. The maximum absolute atomic E-state index is 12.4. The lowest BCUT2D eigenvalue weighted by Gasteiger charge is -2.19. The third-order valence-corrected chi connectivity index (χ3v) is 5.16. The molecule has 1 aromatic carbocycles. The molecule has 0 spiro atoms. The fourth-order valence-electron chi connectivity index (χ4n) is 2.96. The van der Waals surface area contributed by atoms with Crippen molar-refractivity contribution in [1.82, 2.24) is 9.55 Å². The van der Waals surface area contributed by atoms with Gasteiger partial charge in [-0.1, -0.05) is 11.8 Å². The lowest BCUT2D eigenvalue weighted by Crippen LogP contribution is -2.27. The molecule has 0 unspecified atom stereocenters. The van der Waals surface area contributed by atoms with Crippen LogP contribution in [0.2, 0.25) is 0 Å². The zero-order valence-electron chi connectivity index (χ0n) is 13.7. The molecule has 0 saturated carbocycles. The van der Waals surface area contributed by atoms with E-state index < -0.39 is 0 Å². The number of aryl methyl sites for hydroxylation is 1. The molecule has 4 rings (SSSR count). The summed E-state index contributed by atoms with van der Waals surface area (Å²) < 4.78 is 12.6. The second kappa shape index (κ2) is 6.44. The van der Waals surface area contributed by atoms with Crippen LogP contribution in [0.15, 0.2) is 34.2 Å². The molecule has 1 amide bonds. The van der Waals surface area contributed by atoms with Crippen molar-refractivity contribution >= 4 is 23.4 Å². The number of benzene rings is 1. The summed E-state index contributed by atoms with van der Waals surface area (Å²) in [6.45, 7) is 2.82. The smallest absolute Gasteiger partial charge is 0.254 e. The van der Waals surface area contributed by atoms with E-state index in [2.05, 4.69) is 10.3 Å². The molecule has 3 heterocycles. The van der Waals surface area contributed by atoms with Crippen molar-refractivity contribution in [2.45, 2.75) is 24.5 Å². The highest BCUT2D eigenvalue weighted by Gasteiger charge is 2.27. The number of anilines is 1. The highest BCUT2D eigenvalue weighted by molar-refractivity contribution is 7.99. The van der Waals surface area contributed by atoms with Gasteiger partial charge in [0.05, 0.1) is 6.04 Å². The van der Waals surface area contributed by atoms with E-state index in [9.17, 15) is 9.59 Å². The molecule has 1 atom stereocenters. The van der Waals surface area contributed by atoms with Crippen LogP contribution in [-0.2, 0) is 4.79 Å². The Bertz CT molecular complexity index is 896. The average Bonchev–Trinajstić information content (AvgIpc) is 2.97. The number of carbonyl (C=O) groups excluding carboxylic acids is 1. The van der Waals surface area contributed by atoms with Gasteiger partial charge in [-0.25, -0.2) is 4.98 Å². The van der Waals surface area contributed by atoms with Crippen LogP contribution < -0.4 is 20.3 Å². The van der Waals surface area contributed by atoms with Gasteiger partial charge in [0.2, 0.25) is 5.91 Å². The number of nitrogens with zero attached hydrogens (tertiary/aromatic N) is 2. The largest absolute Gasteiger partial charge is 0.486 e. The minimum absolute atomic E-state index is 0.107. The van der Waals surface area contributed by atoms with Crippen molar-refractivity contribution in [3.05, 3.63) is 40.3 Å². The molecular formula is C17H17N3O4S. The first kappa shape index (κ1) is 16.0. The zero-order valence-corrected chi connectivity index (χ0v) is 14.5. The molecule has 0 saturated heterocycles. The number of thioether (sulfide) groups is 1. The quantitative estimate of drug-likeness (QED) is 0.844. The van der Waals surface area contributed by atoms with E-state index in [1.54, 1.807) is 29.7 Å². The molecule has 130 valence electrons. The van der Waals surface area contributed by atoms with Gasteiger partial charge in [0.15, 0.2) is 16.7 Å². The van der Waals surface area contributed by atoms with Gasteiger partial charge >= 0.3 is 0 Å². The highest BCUT2D eigenvalue weighted by Crippen LogP contribution is 2.34. The predicted molar refractivity (Wildman–Crippen MR) is 93.7 cm³/mol. The van der Waals surface area contributed by atoms with Crippen molar-refractivity contribution < 1.29 is 14.3 Å². The van der Waals surface area contributed by atoms with Gasteiger partial charge < -0.3 is 14.8 Å². The number of carbonyl (C=O) groups is 1. The van der Waals surface area contributed by atoms with E-state index >= 15 is 0 Å². The second-order valence-electron chi connectivity index (χ2n) is 5.96. The normalized spacial score (nSPS) is 17.9. The summed E-state index contributed by atoms with van der Waals surface area (Å²) in [5, 5.41) is 3.54. The van der Waals surface area contributed by atoms with E-state index in [1.165, 1.54) is 17.8 Å². The summed E-state index contributed by atoms with van der Waals surface area (Å²) in [7, 11) is 0. The van der Waals surface area contributed by atoms with E-state index in [1.807, 2.05) is 0 Å². The molecule has 2 aliphatic rings. The first-order valence-electron chi connectivity index (χ1n) is 8.02. The van der Waals surface area contributed by atoms with Crippen LogP contribution in [0, 0.1) is 6.92 Å². The van der Waals surface area contributed by atoms with Gasteiger partial charge in [-0.15, -0.1) is 0 Å². The molecule has 1 aromatic heterocycles. The molecule has 7 nitrogen and oxygen atoms in total. The maximum Gasteiger partial charge on any atom is 0.254 e. The number of hydrogen-bond donors (Lipinski definition) is 1. The van der Waals surface area contributed by atoms with Crippen LogP contribution in [0.1, 0.15) is 18.2 Å². The van der Waals surface area contributed by atoms with Crippen LogP contribution in [-0.4, -0.2) is 34.4 Å². The van der Waals surface area contributed by atoms with Crippen LogP contribution >= 0.6 is 11.8 Å². The SMILES string of the molecule is Cc1cc(=O)n2c(n1)SC[C@@H]2CC(=O)Nc1ccc2c(c1)OCCO2. The van der Waals surface area contributed by atoms with Gasteiger partial charge in [-0.05, 0) is 19.1 Å². The number of amides is 1. The van der Waals surface area contributed by atoms with Gasteiger partial charge in [0.1, 0.15) is 13.2 Å². The van der Waals surface area contributed by atoms with Gasteiger partial charge in [-0.3, -0.25) is 14.2 Å². The summed E-state index contributed by atoms with van der Waals surface area (Å²) in [5.74, 6) is 1.82. The Morgan fingerprint density at radius 2 is 2.12 bits per heavy atom. The number of rotatable bonds is 3. The van der Waals surface area contributed by atoms with Crippen LogP contribution in [0.4, 0.5) is 5.69 Å². The number of ether oxygens (including phenoxy) is 2. The summed E-state index contributed by atoms with van der Waals surface area (Å²) in [4.78, 5) is 29.0. The number of fused-ring (bicyclic) bond motifs is 2. The van der Waals surface area contributed by atoms with Gasteiger partial charge in [0.25, 0.3) is 5.56 Å². The van der Waals surface area contributed by atoms with Crippen LogP contribution in [0.3, 0.4) is 0 Å². The molecule has 0 bridgehead atoms. The lowest BCUT2D eigenvalue weighted by molar-refractivity contribution is -0.116. The van der Waals surface area contributed by atoms with Gasteiger partial charge in [-0.2, -0.15) is 0 Å². The van der Waals surface area contributed by atoms with E-state index in [0.717, 1.165) is 0 Å². The summed E-state index contributed by atoms with van der Waals surface area (Å²) in [5.41, 5.74) is 1.24. The molecule has 0 aliphatic carbocycles. The van der Waals surface area contributed by atoms with Crippen molar-refractivity contribution in [1.29, 1.82) is 0 Å². The van der Waals surface area contributed by atoms with E-state index in [-0.39, 0.29) is 23.9 Å². The monoisotopic (exact) mass is 359 g/mol. The van der Waals surface area contributed by atoms with Crippen molar-refractivity contribution in [3.63, 3.8) is 0 Å². The fraction of sp³-hybridized carbons (Fsp3) is 0.353. The number of hydrogen-bond acceptors (Lipinski definition) is 6. The lowest BCUT2D eigenvalue weighted by atomic mass is 10.2. The molecule has 1 N–H and O–H groups in total. The topological polar surface area (TPSA) is 82.5 Å². The first-order chi connectivity index (χ1) is 12.1. The second-order valence-corrected chi connectivity index (χ2v) is 6.95. The summed E-state index contributed by atoms with van der Waals surface area (Å²) in [6.07, 6.45) is 0.221. The number of aromatic nitrogens is 2. The Morgan fingerprint density at radius 1 is 1.32 bits per heavy atom. The molecule has 0 fully saturated rings. The average molecular weight is 359 g/mol.